The number of amides is 2. The fourth-order valence-corrected chi connectivity index (χ4v) is 3.96. The molecule has 2 N–H and O–H groups in total. The number of likely N-dealkylation sites (tertiary alicyclic amines) is 1. The first kappa shape index (κ1) is 24.1. The number of pyridine rings is 1. The van der Waals surface area contributed by atoms with Gasteiger partial charge >= 0.3 is 0 Å². The third kappa shape index (κ3) is 5.71. The molecule has 0 aromatic carbocycles. The highest BCUT2D eigenvalue weighted by Gasteiger charge is 2.27. The molecular formula is C20H28Cl2N6O2. The van der Waals surface area contributed by atoms with Crippen molar-refractivity contribution in [1.82, 2.24) is 30.3 Å². The molecule has 2 aliphatic rings. The molecule has 0 spiro atoms. The number of piperidine rings is 1. The number of carbonyl (C=O) groups excluding carboxylic acids is 2. The second kappa shape index (κ2) is 11.3. The van der Waals surface area contributed by atoms with Gasteiger partial charge in [0.2, 0.25) is 5.91 Å². The summed E-state index contributed by atoms with van der Waals surface area (Å²) in [5.74, 6) is 0.286. The van der Waals surface area contributed by atoms with Gasteiger partial charge in [-0.1, -0.05) is 0 Å². The molecule has 164 valence electrons. The lowest BCUT2D eigenvalue weighted by molar-refractivity contribution is -0.123. The molecule has 0 bridgehead atoms. The van der Waals surface area contributed by atoms with Gasteiger partial charge in [0, 0.05) is 38.2 Å². The molecule has 0 aliphatic carbocycles. The first-order valence-corrected chi connectivity index (χ1v) is 9.97. The molecule has 0 saturated carbocycles. The van der Waals surface area contributed by atoms with E-state index >= 15 is 0 Å². The topological polar surface area (TPSA) is 92.2 Å². The third-order valence-electron chi connectivity index (χ3n) is 5.48. The summed E-state index contributed by atoms with van der Waals surface area (Å²) in [7, 11) is 0. The van der Waals surface area contributed by atoms with Crippen LogP contribution in [0.25, 0.3) is 5.69 Å². The zero-order valence-corrected chi connectivity index (χ0v) is 18.3. The van der Waals surface area contributed by atoms with E-state index in [1.165, 1.54) is 0 Å². The van der Waals surface area contributed by atoms with Crippen molar-refractivity contribution in [3.8, 4) is 5.69 Å². The number of aromatic nitrogens is 3. The zero-order valence-electron chi connectivity index (χ0n) is 16.7. The Labute approximate surface area is 188 Å². The summed E-state index contributed by atoms with van der Waals surface area (Å²) in [6.07, 6.45) is 9.08. The van der Waals surface area contributed by atoms with Gasteiger partial charge in [-0.25, -0.2) is 4.68 Å². The van der Waals surface area contributed by atoms with E-state index in [1.807, 2.05) is 23.2 Å². The van der Waals surface area contributed by atoms with Gasteiger partial charge < -0.3 is 15.5 Å². The summed E-state index contributed by atoms with van der Waals surface area (Å²) in [6, 6.07) is 5.38. The summed E-state index contributed by atoms with van der Waals surface area (Å²) < 4.78 is 1.71. The largest absolute Gasteiger partial charge is 0.354 e. The van der Waals surface area contributed by atoms with Crippen LogP contribution in [0.3, 0.4) is 0 Å². The molecule has 4 heterocycles. The average molecular weight is 455 g/mol. The first-order chi connectivity index (χ1) is 13.7. The average Bonchev–Trinajstić information content (AvgIpc) is 3.46. The Balaban J connectivity index is 0.00000160. The van der Waals surface area contributed by atoms with E-state index in [0.717, 1.165) is 44.5 Å². The van der Waals surface area contributed by atoms with Gasteiger partial charge in [0.1, 0.15) is 5.69 Å². The van der Waals surface area contributed by atoms with E-state index in [1.54, 1.807) is 23.1 Å². The van der Waals surface area contributed by atoms with E-state index in [4.69, 9.17) is 0 Å². The molecule has 2 unspecified atom stereocenters. The fraction of sp³-hybridized carbons (Fsp3) is 0.500. The zero-order chi connectivity index (χ0) is 19.3. The lowest BCUT2D eigenvalue weighted by Gasteiger charge is -2.33. The van der Waals surface area contributed by atoms with Gasteiger partial charge in [-0.3, -0.25) is 14.6 Å². The van der Waals surface area contributed by atoms with Crippen molar-refractivity contribution in [2.45, 2.75) is 31.7 Å². The van der Waals surface area contributed by atoms with Crippen LogP contribution < -0.4 is 10.6 Å². The smallest absolute Gasteiger partial charge is 0.272 e. The normalized spacial score (nSPS) is 20.7. The Hall–Kier alpha value is -2.16. The van der Waals surface area contributed by atoms with Crippen molar-refractivity contribution >= 4 is 36.6 Å². The highest BCUT2D eigenvalue weighted by molar-refractivity contribution is 5.92. The Kier molecular flexibility index (Phi) is 9.08. The Bertz CT molecular complexity index is 826. The maximum absolute atomic E-state index is 13.0. The van der Waals surface area contributed by atoms with E-state index in [2.05, 4.69) is 20.7 Å². The van der Waals surface area contributed by atoms with Crippen LogP contribution in [0.5, 0.6) is 0 Å². The number of rotatable bonds is 5. The van der Waals surface area contributed by atoms with Crippen molar-refractivity contribution < 1.29 is 9.59 Å². The van der Waals surface area contributed by atoms with E-state index in [9.17, 15) is 9.59 Å². The third-order valence-corrected chi connectivity index (χ3v) is 5.48. The van der Waals surface area contributed by atoms with Gasteiger partial charge in [0.15, 0.2) is 0 Å². The molecule has 8 nitrogen and oxygen atoms in total. The summed E-state index contributed by atoms with van der Waals surface area (Å²) in [4.78, 5) is 31.3. The Morgan fingerprint density at radius 2 is 2.07 bits per heavy atom. The van der Waals surface area contributed by atoms with Crippen LogP contribution >= 0.6 is 24.8 Å². The van der Waals surface area contributed by atoms with E-state index in [0.29, 0.717) is 18.8 Å². The molecule has 2 fully saturated rings. The predicted molar refractivity (Wildman–Crippen MR) is 119 cm³/mol. The van der Waals surface area contributed by atoms with Crippen LogP contribution in [0, 0.1) is 5.92 Å². The number of nitrogens with one attached hydrogen (secondary N) is 2. The summed E-state index contributed by atoms with van der Waals surface area (Å²) in [6.45, 7) is 2.89. The number of halogens is 2. The number of nitrogens with zero attached hydrogens (tertiary/aromatic N) is 4. The molecule has 30 heavy (non-hydrogen) atoms. The first-order valence-electron chi connectivity index (χ1n) is 9.97. The molecular weight excluding hydrogens is 427 g/mol. The van der Waals surface area contributed by atoms with E-state index in [-0.39, 0.29) is 48.6 Å². The molecule has 2 amide bonds. The fourth-order valence-electron chi connectivity index (χ4n) is 3.96. The highest BCUT2D eigenvalue weighted by atomic mass is 35.5. The second-order valence-electron chi connectivity index (χ2n) is 7.50. The van der Waals surface area contributed by atoms with Crippen molar-refractivity contribution in [3.63, 3.8) is 0 Å². The minimum absolute atomic E-state index is 0. The highest BCUT2D eigenvalue weighted by Crippen LogP contribution is 2.19. The molecule has 2 atom stereocenters. The van der Waals surface area contributed by atoms with Gasteiger partial charge in [0.25, 0.3) is 5.91 Å². The van der Waals surface area contributed by atoms with Crippen LogP contribution in [0.15, 0.2) is 36.8 Å². The molecule has 2 saturated heterocycles. The minimum Gasteiger partial charge on any atom is -0.354 e. The van der Waals surface area contributed by atoms with Crippen LogP contribution in [-0.4, -0.2) is 63.7 Å². The van der Waals surface area contributed by atoms with Crippen LogP contribution in [0.4, 0.5) is 0 Å². The molecule has 2 aromatic rings. The maximum atomic E-state index is 13.0. The molecule has 2 aromatic heterocycles. The number of hydrogen-bond donors (Lipinski definition) is 2. The Morgan fingerprint density at radius 3 is 2.80 bits per heavy atom. The molecule has 0 radical (unpaired) electrons. The molecule has 4 rings (SSSR count). The Morgan fingerprint density at radius 1 is 1.20 bits per heavy atom. The monoisotopic (exact) mass is 454 g/mol. The standard InChI is InChI=1S/C20H26N6O2.2ClH/c27-19(17-5-1-7-21-17)23-13-15-4-2-10-25(14-15)20(28)18-12-16(6-9-22-18)26-11-3-8-24-26;;/h3,6,8-9,11-12,15,17,21H,1-2,4-5,7,10,13-14H2,(H,23,27);2*1H. The lowest BCUT2D eigenvalue weighted by Crippen LogP contribution is -2.46. The summed E-state index contributed by atoms with van der Waals surface area (Å²) >= 11 is 0. The van der Waals surface area contributed by atoms with Crippen molar-refractivity contribution in [2.24, 2.45) is 5.92 Å². The second-order valence-corrected chi connectivity index (χ2v) is 7.50. The van der Waals surface area contributed by atoms with Gasteiger partial charge in [-0.05, 0) is 56.3 Å². The van der Waals surface area contributed by atoms with Crippen molar-refractivity contribution in [1.29, 1.82) is 0 Å². The summed E-state index contributed by atoms with van der Waals surface area (Å²) in [5, 5.41) is 10.5. The van der Waals surface area contributed by atoms with Crippen LogP contribution in [0.2, 0.25) is 0 Å². The lowest BCUT2D eigenvalue weighted by atomic mass is 9.97. The quantitative estimate of drug-likeness (QED) is 0.718. The van der Waals surface area contributed by atoms with Crippen LogP contribution in [0.1, 0.15) is 36.2 Å². The summed E-state index contributed by atoms with van der Waals surface area (Å²) in [5.41, 5.74) is 1.24. The number of hydrogen-bond acceptors (Lipinski definition) is 5. The maximum Gasteiger partial charge on any atom is 0.272 e. The van der Waals surface area contributed by atoms with Crippen molar-refractivity contribution in [2.75, 3.05) is 26.2 Å². The molecule has 10 heteroatoms. The minimum atomic E-state index is -0.0671. The van der Waals surface area contributed by atoms with Gasteiger partial charge in [0.05, 0.1) is 11.7 Å². The van der Waals surface area contributed by atoms with Gasteiger partial charge in [-0.15, -0.1) is 24.8 Å². The molecule has 2 aliphatic heterocycles. The SMILES string of the molecule is Cl.Cl.O=C(NCC1CCCN(C(=O)c2cc(-n3cccn3)ccn2)C1)C1CCCN1. The predicted octanol–water partition coefficient (Wildman–Crippen LogP) is 1.83. The van der Waals surface area contributed by atoms with E-state index < -0.39 is 0 Å². The number of carbonyl (C=O) groups is 2. The van der Waals surface area contributed by atoms with Crippen molar-refractivity contribution in [3.05, 3.63) is 42.5 Å². The van der Waals surface area contributed by atoms with Crippen LogP contribution in [-0.2, 0) is 4.79 Å². The van der Waals surface area contributed by atoms with Gasteiger partial charge in [-0.2, -0.15) is 5.10 Å².